The molecule has 1 saturated heterocycles. The van der Waals surface area contributed by atoms with Gasteiger partial charge in [0.15, 0.2) is 5.96 Å². The largest absolute Gasteiger partial charge is 0.433 e. The van der Waals surface area contributed by atoms with E-state index in [9.17, 15) is 17.6 Å². The van der Waals surface area contributed by atoms with Crippen LogP contribution in [0.3, 0.4) is 0 Å². The highest BCUT2D eigenvalue weighted by atomic mass is 127. The summed E-state index contributed by atoms with van der Waals surface area (Å²) in [5.74, 6) is -0.00932. The first kappa shape index (κ1) is 23.9. The number of nitrogens with one attached hydrogen (secondary N) is 1. The number of rotatable bonds is 5. The Morgan fingerprint density at radius 2 is 1.77 bits per heavy atom. The number of hydrogen-bond donors (Lipinski definition) is 2. The van der Waals surface area contributed by atoms with Crippen molar-refractivity contribution in [2.24, 2.45) is 10.7 Å². The number of nitrogens with two attached hydrogens (primary N) is 1. The molecule has 30 heavy (non-hydrogen) atoms. The van der Waals surface area contributed by atoms with E-state index in [0.29, 0.717) is 19.0 Å². The van der Waals surface area contributed by atoms with E-state index in [1.54, 1.807) is 12.1 Å². The summed E-state index contributed by atoms with van der Waals surface area (Å²) in [5, 5.41) is 2.71. The van der Waals surface area contributed by atoms with Gasteiger partial charge in [-0.3, -0.25) is 4.99 Å². The molecule has 0 radical (unpaired) electrons. The summed E-state index contributed by atoms with van der Waals surface area (Å²) >= 11 is 0. The number of anilines is 2. The molecule has 1 aromatic heterocycles. The van der Waals surface area contributed by atoms with E-state index in [1.807, 2.05) is 4.90 Å². The first-order chi connectivity index (χ1) is 13.8. The van der Waals surface area contributed by atoms with Gasteiger partial charge in [-0.05, 0) is 30.3 Å². The number of halogens is 5. The van der Waals surface area contributed by atoms with Gasteiger partial charge < -0.3 is 20.9 Å². The predicted molar refractivity (Wildman–Crippen MR) is 118 cm³/mol. The molecule has 7 nitrogen and oxygen atoms in total. The van der Waals surface area contributed by atoms with E-state index in [0.717, 1.165) is 31.0 Å². The van der Waals surface area contributed by atoms with E-state index < -0.39 is 11.9 Å². The normalized spacial score (nSPS) is 15.0. The quantitative estimate of drug-likeness (QED) is 0.200. The fraction of sp³-hybridized carbons (Fsp3) is 0.389. The molecule has 1 aromatic carbocycles. The molecule has 164 valence electrons. The van der Waals surface area contributed by atoms with Crippen molar-refractivity contribution in [2.45, 2.75) is 6.18 Å². The van der Waals surface area contributed by atoms with E-state index in [2.05, 4.69) is 25.2 Å². The third kappa shape index (κ3) is 6.57. The van der Waals surface area contributed by atoms with Gasteiger partial charge in [-0.15, -0.1) is 24.0 Å². The number of hydrogen-bond acceptors (Lipinski definition) is 5. The number of aliphatic imine (C=N–C) groups is 1. The fourth-order valence-corrected chi connectivity index (χ4v) is 2.89. The Morgan fingerprint density at radius 3 is 2.40 bits per heavy atom. The molecule has 1 fully saturated rings. The molecule has 3 N–H and O–H groups in total. The van der Waals surface area contributed by atoms with Crippen LogP contribution in [-0.2, 0) is 6.18 Å². The van der Waals surface area contributed by atoms with E-state index in [1.165, 1.54) is 12.1 Å². The smallest absolute Gasteiger partial charge is 0.370 e. The molecule has 0 unspecified atom stereocenters. The van der Waals surface area contributed by atoms with Gasteiger partial charge in [0, 0.05) is 44.6 Å². The van der Waals surface area contributed by atoms with Gasteiger partial charge in [-0.25, -0.2) is 14.4 Å². The summed E-state index contributed by atoms with van der Waals surface area (Å²) in [6.07, 6.45) is -3.46. The number of nitrogens with zero attached hydrogens (tertiary/aromatic N) is 5. The lowest BCUT2D eigenvalue weighted by molar-refractivity contribution is -0.141. The number of alkyl halides is 3. The molecule has 2 heterocycles. The van der Waals surface area contributed by atoms with Gasteiger partial charge in [0.2, 0.25) is 5.95 Å². The van der Waals surface area contributed by atoms with Crippen molar-refractivity contribution in [3.63, 3.8) is 0 Å². The molecule has 2 aromatic rings. The molecule has 0 amide bonds. The first-order valence-electron chi connectivity index (χ1n) is 9.02. The Hall–Kier alpha value is -2.38. The third-order valence-electron chi connectivity index (χ3n) is 4.41. The van der Waals surface area contributed by atoms with Crippen LogP contribution in [0.25, 0.3) is 0 Å². The highest BCUT2D eigenvalue weighted by molar-refractivity contribution is 14.0. The van der Waals surface area contributed by atoms with Gasteiger partial charge >= 0.3 is 6.18 Å². The van der Waals surface area contributed by atoms with Gasteiger partial charge in [-0.1, -0.05) is 0 Å². The summed E-state index contributed by atoms with van der Waals surface area (Å²) in [6.45, 7) is 3.28. The Labute approximate surface area is 188 Å². The fourth-order valence-electron chi connectivity index (χ4n) is 2.89. The summed E-state index contributed by atoms with van der Waals surface area (Å²) < 4.78 is 50.9. The maximum absolute atomic E-state index is 13.0. The summed E-state index contributed by atoms with van der Waals surface area (Å²) in [4.78, 5) is 15.5. The van der Waals surface area contributed by atoms with Crippen LogP contribution in [0, 0.1) is 5.82 Å². The van der Waals surface area contributed by atoms with E-state index in [4.69, 9.17) is 5.73 Å². The van der Waals surface area contributed by atoms with Crippen molar-refractivity contribution < 1.29 is 17.6 Å². The number of aromatic nitrogens is 2. The highest BCUT2D eigenvalue weighted by Crippen LogP contribution is 2.27. The third-order valence-corrected chi connectivity index (χ3v) is 4.41. The summed E-state index contributed by atoms with van der Waals surface area (Å²) in [6, 6.07) is 7.15. The maximum atomic E-state index is 13.0. The van der Waals surface area contributed by atoms with Crippen molar-refractivity contribution in [1.82, 2.24) is 14.9 Å². The van der Waals surface area contributed by atoms with E-state index in [-0.39, 0.29) is 48.8 Å². The zero-order chi connectivity index (χ0) is 20.9. The minimum absolute atomic E-state index is 0. The lowest BCUT2D eigenvalue weighted by Crippen LogP contribution is -2.51. The zero-order valence-electron chi connectivity index (χ0n) is 15.9. The Balaban J connectivity index is 0.00000320. The molecule has 3 rings (SSSR count). The molecular weight excluding hydrogens is 517 g/mol. The van der Waals surface area contributed by atoms with Crippen LogP contribution in [0.4, 0.5) is 29.2 Å². The number of guanidine groups is 1. The maximum Gasteiger partial charge on any atom is 0.433 e. The van der Waals surface area contributed by atoms with Gasteiger partial charge in [-0.2, -0.15) is 13.2 Å². The SMILES string of the molecule is I.NC(=NCCNc1nccc(C(F)(F)F)n1)N1CCN(c2ccc(F)cc2)CC1. The molecule has 0 aliphatic carbocycles. The highest BCUT2D eigenvalue weighted by Gasteiger charge is 2.32. The zero-order valence-corrected chi connectivity index (χ0v) is 18.3. The first-order valence-corrected chi connectivity index (χ1v) is 9.02. The Bertz CT molecular complexity index is 837. The van der Waals surface area contributed by atoms with Gasteiger partial charge in [0.25, 0.3) is 0 Å². The van der Waals surface area contributed by atoms with Crippen LogP contribution in [0.5, 0.6) is 0 Å². The molecule has 0 spiro atoms. The van der Waals surface area contributed by atoms with Crippen molar-refractivity contribution in [1.29, 1.82) is 0 Å². The van der Waals surface area contributed by atoms with Crippen LogP contribution in [0.1, 0.15) is 5.69 Å². The van der Waals surface area contributed by atoms with Crippen molar-refractivity contribution in [2.75, 3.05) is 49.5 Å². The monoisotopic (exact) mass is 539 g/mol. The lowest BCUT2D eigenvalue weighted by Gasteiger charge is -2.36. The molecule has 0 saturated carbocycles. The van der Waals surface area contributed by atoms with Crippen molar-refractivity contribution >= 4 is 41.6 Å². The second kappa shape index (κ2) is 10.6. The van der Waals surface area contributed by atoms with Crippen LogP contribution < -0.4 is 16.0 Å². The average Bonchev–Trinajstić information content (AvgIpc) is 2.71. The minimum atomic E-state index is -4.52. The van der Waals surface area contributed by atoms with Crippen LogP contribution in [0.2, 0.25) is 0 Å². The van der Waals surface area contributed by atoms with Crippen molar-refractivity contribution in [3.8, 4) is 0 Å². The van der Waals surface area contributed by atoms with Crippen molar-refractivity contribution in [3.05, 3.63) is 48.0 Å². The molecule has 0 bridgehead atoms. The second-order valence-corrected chi connectivity index (χ2v) is 6.38. The van der Waals surface area contributed by atoms with Crippen LogP contribution in [0.15, 0.2) is 41.5 Å². The van der Waals surface area contributed by atoms with Crippen LogP contribution >= 0.6 is 24.0 Å². The topological polar surface area (TPSA) is 82.7 Å². The lowest BCUT2D eigenvalue weighted by atomic mass is 10.2. The molecule has 1 aliphatic heterocycles. The Kier molecular flexibility index (Phi) is 8.43. The number of benzene rings is 1. The standard InChI is InChI=1S/C18H21F4N7.HI/c19-13-1-3-14(4-2-13)28-9-11-29(12-10-28)16(23)24-7-8-26-17-25-6-5-15(27-17)18(20,21)22;/h1-6H,7-12H2,(H2,23,24)(H,25,26,27);1H. The molecule has 0 atom stereocenters. The summed E-state index contributed by atoms with van der Waals surface area (Å²) in [5.41, 5.74) is 5.96. The Morgan fingerprint density at radius 1 is 1.10 bits per heavy atom. The molecule has 1 aliphatic rings. The second-order valence-electron chi connectivity index (χ2n) is 6.38. The van der Waals surface area contributed by atoms with Gasteiger partial charge in [0.1, 0.15) is 11.5 Å². The van der Waals surface area contributed by atoms with Crippen LogP contribution in [-0.4, -0.2) is 60.1 Å². The number of piperazine rings is 1. The minimum Gasteiger partial charge on any atom is -0.370 e. The average molecular weight is 539 g/mol. The summed E-state index contributed by atoms with van der Waals surface area (Å²) in [7, 11) is 0. The van der Waals surface area contributed by atoms with Gasteiger partial charge in [0.05, 0.1) is 6.54 Å². The van der Waals surface area contributed by atoms with E-state index >= 15 is 0 Å². The molecule has 12 heteroatoms. The molecular formula is C18H22F4IN7. The predicted octanol–water partition coefficient (Wildman–Crippen LogP) is 2.80.